The van der Waals surface area contributed by atoms with Crippen molar-refractivity contribution in [3.63, 3.8) is 0 Å². The second-order valence-corrected chi connectivity index (χ2v) is 10.5. The summed E-state index contributed by atoms with van der Waals surface area (Å²) >= 11 is 0. The van der Waals surface area contributed by atoms with Crippen molar-refractivity contribution in [2.45, 2.75) is 45.3 Å². The van der Waals surface area contributed by atoms with Crippen LogP contribution in [-0.4, -0.2) is 80.0 Å². The Hall–Kier alpha value is -4.42. The topological polar surface area (TPSA) is 96.2 Å². The first-order chi connectivity index (χ1) is 19.7. The molecule has 0 radical (unpaired) electrons. The summed E-state index contributed by atoms with van der Waals surface area (Å²) in [6.07, 6.45) is 3.68. The van der Waals surface area contributed by atoms with Gasteiger partial charge in [0.1, 0.15) is 17.7 Å². The fraction of sp³-hybridized carbons (Fsp3) is 0.393. The maximum absolute atomic E-state index is 14.7. The summed E-state index contributed by atoms with van der Waals surface area (Å²) in [4.78, 5) is 33.0. The van der Waals surface area contributed by atoms with Gasteiger partial charge in [0.2, 0.25) is 5.91 Å². The number of pyridine rings is 1. The van der Waals surface area contributed by atoms with Crippen LogP contribution in [0.25, 0.3) is 5.82 Å². The predicted molar refractivity (Wildman–Crippen MR) is 141 cm³/mol. The molecule has 1 unspecified atom stereocenters. The molecule has 3 amide bonds. The van der Waals surface area contributed by atoms with E-state index in [0.29, 0.717) is 23.5 Å². The monoisotopic (exact) mass is 567 g/mol. The van der Waals surface area contributed by atoms with Gasteiger partial charge in [-0.2, -0.15) is 10.2 Å². The van der Waals surface area contributed by atoms with Gasteiger partial charge in [0, 0.05) is 49.1 Å². The molecule has 13 heteroatoms. The second kappa shape index (κ2) is 10.5. The van der Waals surface area contributed by atoms with Gasteiger partial charge in [0.25, 0.3) is 0 Å². The minimum atomic E-state index is -0.729. The van der Waals surface area contributed by atoms with Crippen LogP contribution in [0.1, 0.15) is 41.4 Å². The molecular weight excluding hydrogens is 539 g/mol. The van der Waals surface area contributed by atoms with E-state index in [2.05, 4.69) is 15.2 Å². The zero-order chi connectivity index (χ0) is 28.8. The van der Waals surface area contributed by atoms with Crippen LogP contribution in [0.2, 0.25) is 0 Å². The lowest BCUT2D eigenvalue weighted by Crippen LogP contribution is -2.58. The lowest BCUT2D eigenvalue weighted by Gasteiger charge is -2.41. The molecule has 3 aliphatic rings. The lowest BCUT2D eigenvalue weighted by molar-refractivity contribution is -0.133. The zero-order valence-corrected chi connectivity index (χ0v) is 22.6. The summed E-state index contributed by atoms with van der Waals surface area (Å²) in [5, 5.41) is 9.83. The molecule has 5 heterocycles. The summed E-state index contributed by atoms with van der Waals surface area (Å²) in [6, 6.07) is 3.52. The van der Waals surface area contributed by atoms with Crippen molar-refractivity contribution in [1.82, 2.24) is 29.6 Å². The van der Waals surface area contributed by atoms with Crippen molar-refractivity contribution in [2.75, 3.05) is 26.2 Å². The molecule has 6 rings (SSSR count). The average molecular weight is 568 g/mol. The third-order valence-electron chi connectivity index (χ3n) is 7.71. The van der Waals surface area contributed by atoms with E-state index in [0.717, 1.165) is 43.0 Å². The largest absolute Gasteiger partial charge is 0.483 e. The van der Waals surface area contributed by atoms with Gasteiger partial charge >= 0.3 is 6.03 Å². The number of likely N-dealkylation sites (tertiary alicyclic amines) is 2. The average Bonchev–Trinajstić information content (AvgIpc) is 3.46. The van der Waals surface area contributed by atoms with Crippen LogP contribution >= 0.6 is 0 Å². The van der Waals surface area contributed by atoms with Gasteiger partial charge < -0.3 is 14.5 Å². The van der Waals surface area contributed by atoms with E-state index in [1.165, 1.54) is 34.3 Å². The number of aromatic nitrogens is 3. The van der Waals surface area contributed by atoms with E-state index < -0.39 is 35.6 Å². The molecule has 0 spiro atoms. The van der Waals surface area contributed by atoms with Crippen molar-refractivity contribution in [1.29, 1.82) is 0 Å². The number of amides is 3. The van der Waals surface area contributed by atoms with Gasteiger partial charge in [-0.15, -0.1) is 0 Å². The van der Waals surface area contributed by atoms with Crippen LogP contribution in [0.4, 0.5) is 18.0 Å². The number of carbonyl (C=O) groups is 2. The molecule has 10 nitrogen and oxygen atoms in total. The Morgan fingerprint density at radius 2 is 1.76 bits per heavy atom. The minimum Gasteiger partial charge on any atom is -0.483 e. The molecule has 1 atom stereocenters. The number of rotatable bonds is 6. The number of nitrogens with zero attached hydrogens (tertiary/aromatic N) is 7. The van der Waals surface area contributed by atoms with Crippen molar-refractivity contribution < 1.29 is 27.5 Å². The van der Waals surface area contributed by atoms with Crippen LogP contribution in [0.5, 0.6) is 5.75 Å². The first kappa shape index (κ1) is 26.8. The molecule has 3 aliphatic heterocycles. The molecule has 1 aromatic carbocycles. The number of halogens is 3. The summed E-state index contributed by atoms with van der Waals surface area (Å²) in [7, 11) is 0. The Morgan fingerprint density at radius 1 is 1.02 bits per heavy atom. The van der Waals surface area contributed by atoms with Crippen LogP contribution in [0, 0.1) is 31.3 Å². The predicted octanol–water partition coefficient (Wildman–Crippen LogP) is 3.69. The first-order valence-corrected chi connectivity index (χ1v) is 13.4. The summed E-state index contributed by atoms with van der Waals surface area (Å²) in [5.41, 5.74) is 2.56. The van der Waals surface area contributed by atoms with E-state index in [1.807, 2.05) is 18.7 Å². The summed E-state index contributed by atoms with van der Waals surface area (Å²) in [6.45, 7) is 5.56. The van der Waals surface area contributed by atoms with Crippen LogP contribution in [0.3, 0.4) is 0 Å². The third-order valence-corrected chi connectivity index (χ3v) is 7.71. The van der Waals surface area contributed by atoms with Crippen molar-refractivity contribution >= 4 is 18.2 Å². The highest BCUT2D eigenvalue weighted by Gasteiger charge is 2.39. The Bertz CT molecular complexity index is 1530. The number of ether oxygens (including phenoxy) is 1. The molecule has 41 heavy (non-hydrogen) atoms. The fourth-order valence-corrected chi connectivity index (χ4v) is 5.23. The molecule has 0 saturated carbocycles. The van der Waals surface area contributed by atoms with Crippen molar-refractivity contribution in [3.8, 4) is 11.6 Å². The van der Waals surface area contributed by atoms with Gasteiger partial charge in [-0.25, -0.2) is 32.6 Å². The van der Waals surface area contributed by atoms with Gasteiger partial charge in [-0.3, -0.25) is 4.79 Å². The van der Waals surface area contributed by atoms with Gasteiger partial charge in [-0.05, 0) is 38.0 Å². The molecule has 214 valence electrons. The number of aryl methyl sites for hydroxylation is 1. The van der Waals surface area contributed by atoms with E-state index >= 15 is 0 Å². The SMILES string of the molecule is Cc1nn(-c2cc(OC3CN(C(=O)N4N=CCC4c4cc(F)cc(F)c4)C3)c(F)cn2)c(C)c1CC(=O)N1CCC1. The highest BCUT2D eigenvalue weighted by molar-refractivity contribution is 5.80. The quantitative estimate of drug-likeness (QED) is 0.453. The minimum absolute atomic E-state index is 0.0369. The number of carbonyl (C=O) groups excluding carboxylic acids is 2. The Labute approximate surface area is 234 Å². The summed E-state index contributed by atoms with van der Waals surface area (Å²) in [5.74, 6) is -1.76. The molecule has 2 saturated heterocycles. The van der Waals surface area contributed by atoms with Crippen LogP contribution < -0.4 is 4.74 Å². The number of hydrogen-bond acceptors (Lipinski definition) is 6. The highest BCUT2D eigenvalue weighted by atomic mass is 19.1. The van der Waals surface area contributed by atoms with Crippen LogP contribution in [-0.2, 0) is 11.2 Å². The smallest absolute Gasteiger partial charge is 0.341 e. The standard InChI is InChI=1S/C28H28F3N7O3/c1-16-22(11-27(39)35-6-3-7-35)17(2)37(34-16)26-12-25(23(31)13-32-26)41-21-14-36(15-21)28(40)38-24(4-5-33-38)18-8-19(29)10-20(30)9-18/h5,8-10,12-13,21,24H,3-4,6-7,11,14-15H2,1-2H3. The molecular formula is C28H28F3N7O3. The van der Waals surface area contributed by atoms with E-state index in [4.69, 9.17) is 4.74 Å². The number of hydrazone groups is 1. The Balaban J connectivity index is 1.11. The number of urea groups is 1. The lowest BCUT2D eigenvalue weighted by atomic mass is 10.0. The zero-order valence-electron chi connectivity index (χ0n) is 22.6. The van der Waals surface area contributed by atoms with Crippen LogP contribution in [0.15, 0.2) is 35.6 Å². The Kier molecular flexibility index (Phi) is 6.88. The fourth-order valence-electron chi connectivity index (χ4n) is 5.23. The third kappa shape index (κ3) is 5.11. The highest BCUT2D eigenvalue weighted by Crippen LogP contribution is 2.32. The molecule has 0 bridgehead atoms. The van der Waals surface area contributed by atoms with E-state index in [9.17, 15) is 22.8 Å². The van der Waals surface area contributed by atoms with Gasteiger partial charge in [0.15, 0.2) is 17.4 Å². The van der Waals surface area contributed by atoms with Gasteiger partial charge in [0.05, 0.1) is 37.4 Å². The van der Waals surface area contributed by atoms with Crippen molar-refractivity contribution in [2.24, 2.45) is 5.10 Å². The second-order valence-electron chi connectivity index (χ2n) is 10.5. The number of hydrogen-bond donors (Lipinski definition) is 0. The molecule has 2 aromatic heterocycles. The van der Waals surface area contributed by atoms with E-state index in [-0.39, 0.29) is 31.2 Å². The maximum atomic E-state index is 14.7. The van der Waals surface area contributed by atoms with E-state index in [1.54, 1.807) is 4.68 Å². The summed E-state index contributed by atoms with van der Waals surface area (Å²) < 4.78 is 49.6. The maximum Gasteiger partial charge on any atom is 0.341 e. The Morgan fingerprint density at radius 3 is 2.44 bits per heavy atom. The molecule has 0 N–H and O–H groups in total. The van der Waals surface area contributed by atoms with Gasteiger partial charge in [-0.1, -0.05) is 0 Å². The number of benzene rings is 1. The normalized spacial score (nSPS) is 18.5. The van der Waals surface area contributed by atoms with Crippen molar-refractivity contribution in [3.05, 3.63) is 70.4 Å². The first-order valence-electron chi connectivity index (χ1n) is 13.4. The molecule has 0 aliphatic carbocycles. The molecule has 3 aromatic rings. The molecule has 2 fully saturated rings.